The maximum atomic E-state index is 13.0. The highest BCUT2D eigenvalue weighted by atomic mass is 19.4. The van der Waals surface area contributed by atoms with Gasteiger partial charge in [0, 0.05) is 18.6 Å². The van der Waals surface area contributed by atoms with Crippen LogP contribution in [0.1, 0.15) is 23.6 Å². The third kappa shape index (κ3) is 3.41. The third-order valence-corrected chi connectivity index (χ3v) is 3.93. The largest absolute Gasteiger partial charge is 0.473 e. The number of carbonyl (C=O) groups is 1. The first-order chi connectivity index (χ1) is 12.3. The predicted molar refractivity (Wildman–Crippen MR) is 86.3 cm³/mol. The molecule has 0 bridgehead atoms. The molecule has 0 radical (unpaired) electrons. The summed E-state index contributed by atoms with van der Waals surface area (Å²) in [6.07, 6.45) is -5.08. The first-order valence-electron chi connectivity index (χ1n) is 7.55. The van der Waals surface area contributed by atoms with Gasteiger partial charge in [-0.25, -0.2) is 5.01 Å². The van der Waals surface area contributed by atoms with Crippen molar-refractivity contribution in [3.8, 4) is 0 Å². The lowest BCUT2D eigenvalue weighted by Gasteiger charge is -2.22. The van der Waals surface area contributed by atoms with E-state index in [1.54, 1.807) is 30.3 Å². The van der Waals surface area contributed by atoms with Gasteiger partial charge in [0.05, 0.1) is 16.7 Å². The minimum atomic E-state index is -5.10. The Morgan fingerprint density at radius 3 is 2.46 bits per heavy atom. The number of hydrazone groups is 1. The van der Waals surface area contributed by atoms with Crippen molar-refractivity contribution < 1.29 is 22.9 Å². The van der Waals surface area contributed by atoms with Crippen molar-refractivity contribution >= 4 is 17.3 Å². The average Bonchev–Trinajstić information content (AvgIpc) is 3.06. The van der Waals surface area contributed by atoms with Crippen molar-refractivity contribution in [1.82, 2.24) is 5.01 Å². The Kier molecular flexibility index (Phi) is 4.45. The summed E-state index contributed by atoms with van der Waals surface area (Å²) in [5.41, 5.74) is 0.835. The molecule has 0 saturated carbocycles. The van der Waals surface area contributed by atoms with Crippen LogP contribution < -0.4 is 0 Å². The van der Waals surface area contributed by atoms with Gasteiger partial charge in [-0.1, -0.05) is 42.5 Å². The van der Waals surface area contributed by atoms with E-state index in [2.05, 4.69) is 5.10 Å². The van der Waals surface area contributed by atoms with E-state index in [4.69, 9.17) is 0 Å². The van der Waals surface area contributed by atoms with Crippen LogP contribution in [0.25, 0.3) is 0 Å². The minimum absolute atomic E-state index is 0.0208. The smallest absolute Gasteiger partial charge is 0.262 e. The molecule has 0 saturated heterocycles. The second-order valence-corrected chi connectivity index (χ2v) is 5.63. The van der Waals surface area contributed by atoms with Gasteiger partial charge in [0.1, 0.15) is 0 Å². The van der Waals surface area contributed by atoms with Gasteiger partial charge in [-0.3, -0.25) is 14.9 Å². The average molecular weight is 363 g/mol. The SMILES string of the molecule is O=C(N1N=C(c2ccccc2)CC1c1cccc([N+](=O)[O-])c1)C(F)(F)F. The second kappa shape index (κ2) is 6.58. The molecule has 1 aliphatic heterocycles. The minimum Gasteiger partial charge on any atom is -0.262 e. The lowest BCUT2D eigenvalue weighted by atomic mass is 9.98. The van der Waals surface area contributed by atoms with E-state index in [1.165, 1.54) is 18.2 Å². The van der Waals surface area contributed by atoms with Crippen LogP contribution in [0.5, 0.6) is 0 Å². The van der Waals surface area contributed by atoms with E-state index in [9.17, 15) is 28.1 Å². The zero-order valence-electron chi connectivity index (χ0n) is 13.2. The number of nitro groups is 1. The number of hydrogen-bond acceptors (Lipinski definition) is 4. The van der Waals surface area contributed by atoms with Crippen molar-refractivity contribution in [2.75, 3.05) is 0 Å². The predicted octanol–water partition coefficient (Wildman–Crippen LogP) is 3.83. The molecule has 1 amide bonds. The quantitative estimate of drug-likeness (QED) is 0.614. The van der Waals surface area contributed by atoms with E-state index in [1.807, 2.05) is 0 Å². The molecular formula is C17H12F3N3O3. The first-order valence-corrected chi connectivity index (χ1v) is 7.55. The number of benzene rings is 2. The number of rotatable bonds is 3. The Labute approximate surface area is 145 Å². The van der Waals surface area contributed by atoms with Gasteiger partial charge in [0.15, 0.2) is 0 Å². The summed E-state index contributed by atoms with van der Waals surface area (Å²) >= 11 is 0. The first kappa shape index (κ1) is 17.6. The van der Waals surface area contributed by atoms with Gasteiger partial charge >= 0.3 is 12.1 Å². The van der Waals surface area contributed by atoms with Gasteiger partial charge in [-0.15, -0.1) is 0 Å². The fourth-order valence-corrected chi connectivity index (χ4v) is 2.74. The molecule has 6 nitrogen and oxygen atoms in total. The van der Waals surface area contributed by atoms with Crippen LogP contribution in [-0.2, 0) is 4.79 Å². The maximum Gasteiger partial charge on any atom is 0.473 e. The molecule has 1 heterocycles. The zero-order chi connectivity index (χ0) is 18.9. The molecule has 9 heteroatoms. The topological polar surface area (TPSA) is 75.8 Å². The summed E-state index contributed by atoms with van der Waals surface area (Å²) in [5.74, 6) is -2.11. The van der Waals surface area contributed by atoms with Gasteiger partial charge in [0.2, 0.25) is 0 Å². The normalized spacial score (nSPS) is 17.1. The summed E-state index contributed by atoms with van der Waals surface area (Å²) in [6, 6.07) is 12.6. The summed E-state index contributed by atoms with van der Waals surface area (Å²) in [4.78, 5) is 22.1. The molecule has 0 fully saturated rings. The van der Waals surface area contributed by atoms with Crippen LogP contribution >= 0.6 is 0 Å². The fraction of sp³-hybridized carbons (Fsp3) is 0.176. The molecule has 0 aliphatic carbocycles. The van der Waals surface area contributed by atoms with E-state index in [0.717, 1.165) is 6.07 Å². The van der Waals surface area contributed by atoms with Crippen molar-refractivity contribution in [3.63, 3.8) is 0 Å². The number of alkyl halides is 3. The van der Waals surface area contributed by atoms with Crippen molar-refractivity contribution in [1.29, 1.82) is 0 Å². The summed E-state index contributed by atoms with van der Waals surface area (Å²) in [5, 5.41) is 15.2. The van der Waals surface area contributed by atoms with E-state index >= 15 is 0 Å². The Morgan fingerprint density at radius 1 is 1.15 bits per heavy atom. The Hall–Kier alpha value is -3.23. The molecule has 0 N–H and O–H groups in total. The maximum absolute atomic E-state index is 13.0. The molecule has 0 aromatic heterocycles. The van der Waals surface area contributed by atoms with Crippen LogP contribution in [0.2, 0.25) is 0 Å². The van der Waals surface area contributed by atoms with E-state index < -0.39 is 23.0 Å². The molecule has 1 unspecified atom stereocenters. The molecular weight excluding hydrogens is 351 g/mol. The van der Waals surface area contributed by atoms with Crippen LogP contribution in [0, 0.1) is 10.1 Å². The molecule has 2 aromatic carbocycles. The standard InChI is InChI=1S/C17H12F3N3O3/c18-17(19,20)16(24)22-15(12-7-4-8-13(9-12)23(25)26)10-14(21-22)11-5-2-1-3-6-11/h1-9,15H,10H2. The highest BCUT2D eigenvalue weighted by Crippen LogP contribution is 2.36. The molecule has 26 heavy (non-hydrogen) atoms. The highest BCUT2D eigenvalue weighted by Gasteiger charge is 2.47. The molecule has 2 aromatic rings. The number of halogens is 3. The molecule has 134 valence electrons. The van der Waals surface area contributed by atoms with Gasteiger partial charge in [-0.2, -0.15) is 18.3 Å². The van der Waals surface area contributed by atoms with Crippen molar-refractivity contribution in [2.45, 2.75) is 18.6 Å². The van der Waals surface area contributed by atoms with Crippen molar-refractivity contribution in [3.05, 3.63) is 75.8 Å². The van der Waals surface area contributed by atoms with Crippen LogP contribution in [0.15, 0.2) is 59.7 Å². The number of hydrogen-bond donors (Lipinski definition) is 0. The molecule has 1 aliphatic rings. The highest BCUT2D eigenvalue weighted by molar-refractivity contribution is 6.03. The molecule has 0 spiro atoms. The summed E-state index contributed by atoms with van der Waals surface area (Å²) < 4.78 is 38.9. The number of carbonyl (C=O) groups excluding carboxylic acids is 1. The van der Waals surface area contributed by atoms with Crippen LogP contribution in [-0.4, -0.2) is 27.7 Å². The van der Waals surface area contributed by atoms with E-state index in [-0.39, 0.29) is 17.7 Å². The van der Waals surface area contributed by atoms with E-state index in [0.29, 0.717) is 16.3 Å². The zero-order valence-corrected chi connectivity index (χ0v) is 13.2. The summed E-state index contributed by atoms with van der Waals surface area (Å²) in [7, 11) is 0. The monoisotopic (exact) mass is 363 g/mol. The fourth-order valence-electron chi connectivity index (χ4n) is 2.74. The van der Waals surface area contributed by atoms with Gasteiger partial charge < -0.3 is 0 Å². The van der Waals surface area contributed by atoms with Crippen LogP contribution in [0.4, 0.5) is 18.9 Å². The number of non-ortho nitro benzene ring substituents is 1. The second-order valence-electron chi connectivity index (χ2n) is 5.63. The molecule has 1 atom stereocenters. The number of amides is 1. The number of nitro benzene ring substituents is 1. The summed E-state index contributed by atoms with van der Waals surface area (Å²) in [6.45, 7) is 0. The Bertz CT molecular complexity index is 882. The third-order valence-electron chi connectivity index (χ3n) is 3.93. The number of nitrogens with zero attached hydrogens (tertiary/aromatic N) is 3. The Balaban J connectivity index is 2.02. The lowest BCUT2D eigenvalue weighted by molar-refractivity contribution is -0.384. The lowest BCUT2D eigenvalue weighted by Crippen LogP contribution is -2.38. The van der Waals surface area contributed by atoms with Gasteiger partial charge in [-0.05, 0) is 11.1 Å². The molecule has 3 rings (SSSR count). The van der Waals surface area contributed by atoms with Gasteiger partial charge in [0.25, 0.3) is 5.69 Å². The van der Waals surface area contributed by atoms with Crippen molar-refractivity contribution in [2.24, 2.45) is 5.10 Å². The Morgan fingerprint density at radius 2 is 1.85 bits per heavy atom. The van der Waals surface area contributed by atoms with Crippen LogP contribution in [0.3, 0.4) is 0 Å².